The maximum Gasteiger partial charge on any atom is 0.295 e. The number of benzene rings is 1. The summed E-state index contributed by atoms with van der Waals surface area (Å²) in [6.45, 7) is 3.55. The molecule has 1 aliphatic heterocycles. The van der Waals surface area contributed by atoms with Crippen molar-refractivity contribution in [3.63, 3.8) is 0 Å². The molecule has 2 aliphatic rings. The smallest absolute Gasteiger partial charge is 0.295 e. The molecule has 2 aromatic heterocycles. The number of anilines is 3. The summed E-state index contributed by atoms with van der Waals surface area (Å²) in [6, 6.07) is 7.78. The number of nitrogens with one attached hydrogen (secondary N) is 1. The van der Waals surface area contributed by atoms with Gasteiger partial charge in [-0.3, -0.25) is 4.79 Å². The molecule has 1 atom stereocenters. The normalized spacial score (nSPS) is 17.6. The van der Waals surface area contributed by atoms with E-state index in [1.807, 2.05) is 19.1 Å². The maximum atomic E-state index is 11.5. The minimum atomic E-state index is -0.310. The highest BCUT2D eigenvalue weighted by Gasteiger charge is 2.46. The van der Waals surface area contributed by atoms with Crippen LogP contribution in [0.1, 0.15) is 41.3 Å². The molecule has 0 radical (unpaired) electrons. The number of aromatic nitrogens is 3. The molecular formula is C27H29ClN8OS. The SMILES string of the molecule is CNC(=O)C#Cc1ccc2c(c1)[C@@H](N)C1(CCN(c3nc(N)c(Sc4ccnc(N)c4Cl)nc3C)CC1)C2. The van der Waals surface area contributed by atoms with Crippen molar-refractivity contribution in [3.05, 3.63) is 57.9 Å². The lowest BCUT2D eigenvalue weighted by Crippen LogP contribution is -2.45. The molecule has 38 heavy (non-hydrogen) atoms. The molecule has 9 nitrogen and oxygen atoms in total. The molecule has 1 spiro atoms. The Morgan fingerprint density at radius 1 is 1.21 bits per heavy atom. The predicted molar refractivity (Wildman–Crippen MR) is 151 cm³/mol. The highest BCUT2D eigenvalue weighted by Crippen LogP contribution is 2.51. The van der Waals surface area contributed by atoms with E-state index in [9.17, 15) is 4.79 Å². The molecule has 3 aromatic rings. The third kappa shape index (κ3) is 4.85. The van der Waals surface area contributed by atoms with Crippen molar-refractivity contribution in [2.45, 2.75) is 42.1 Å². The van der Waals surface area contributed by atoms with E-state index in [0.717, 1.165) is 59.9 Å². The molecule has 7 N–H and O–H groups in total. The number of halogens is 1. The van der Waals surface area contributed by atoms with E-state index >= 15 is 0 Å². The first-order valence-electron chi connectivity index (χ1n) is 12.3. The van der Waals surface area contributed by atoms with Gasteiger partial charge in [0, 0.05) is 48.8 Å². The topological polar surface area (TPSA) is 149 Å². The number of rotatable bonds is 3. The number of nitrogens with two attached hydrogens (primary N) is 3. The molecule has 196 valence electrons. The second-order valence-electron chi connectivity index (χ2n) is 9.68. The molecule has 5 rings (SSSR count). The number of hydrogen-bond acceptors (Lipinski definition) is 9. The molecule has 1 amide bonds. The standard InChI is InChI=1S/C27H29ClN8OS/c1-15-25(35-24(31)26(34-15)38-19-7-10-33-23(30)21(19)28)36-11-8-27(9-12-36)14-17-5-3-16(4-6-20(37)32-2)13-18(17)22(27)29/h3,5,7,10,13,22H,8-9,11-12,14,29H2,1-2H3,(H2,30,33)(H2,31,35)(H,32,37)/t22-/m1/s1. The van der Waals surface area contributed by atoms with Crippen LogP contribution < -0.4 is 27.4 Å². The van der Waals surface area contributed by atoms with Crippen molar-refractivity contribution in [3.8, 4) is 11.8 Å². The number of carbonyl (C=O) groups is 1. The Hall–Kier alpha value is -3.52. The molecule has 1 fully saturated rings. The Morgan fingerprint density at radius 2 is 1.97 bits per heavy atom. The first-order chi connectivity index (χ1) is 18.2. The van der Waals surface area contributed by atoms with Crippen LogP contribution in [0.15, 0.2) is 40.4 Å². The highest BCUT2D eigenvalue weighted by molar-refractivity contribution is 7.99. The summed E-state index contributed by atoms with van der Waals surface area (Å²) in [7, 11) is 1.57. The lowest BCUT2D eigenvalue weighted by atomic mass is 9.73. The zero-order valence-electron chi connectivity index (χ0n) is 21.2. The minimum Gasteiger partial charge on any atom is -0.382 e. The Kier molecular flexibility index (Phi) is 7.09. The molecule has 0 saturated carbocycles. The Bertz CT molecular complexity index is 1480. The van der Waals surface area contributed by atoms with Crippen molar-refractivity contribution in [2.24, 2.45) is 11.1 Å². The summed E-state index contributed by atoms with van der Waals surface area (Å²) in [6.07, 6.45) is 4.37. The lowest BCUT2D eigenvalue weighted by Gasteiger charge is -2.42. The van der Waals surface area contributed by atoms with Gasteiger partial charge in [0.25, 0.3) is 5.91 Å². The van der Waals surface area contributed by atoms with Gasteiger partial charge >= 0.3 is 0 Å². The molecule has 3 heterocycles. The molecule has 1 aromatic carbocycles. The van der Waals surface area contributed by atoms with Crippen molar-refractivity contribution in [1.82, 2.24) is 20.3 Å². The van der Waals surface area contributed by atoms with Crippen LogP contribution in [0.2, 0.25) is 5.02 Å². The monoisotopic (exact) mass is 548 g/mol. The molecule has 0 unspecified atom stereocenters. The number of nitrogen functional groups attached to an aromatic ring is 2. The zero-order valence-corrected chi connectivity index (χ0v) is 22.8. The van der Waals surface area contributed by atoms with Crippen LogP contribution in [0.25, 0.3) is 0 Å². The Morgan fingerprint density at radius 3 is 2.71 bits per heavy atom. The summed E-state index contributed by atoms with van der Waals surface area (Å²) < 4.78 is 0. The number of carbonyl (C=O) groups excluding carboxylic acids is 1. The van der Waals surface area contributed by atoms with Gasteiger partial charge in [-0.05, 0) is 60.9 Å². The first kappa shape index (κ1) is 26.1. The van der Waals surface area contributed by atoms with Gasteiger partial charge in [-0.15, -0.1) is 0 Å². The quantitative estimate of drug-likeness (QED) is 0.362. The van der Waals surface area contributed by atoms with Crippen LogP contribution in [-0.2, 0) is 11.2 Å². The van der Waals surface area contributed by atoms with E-state index in [-0.39, 0.29) is 23.2 Å². The van der Waals surface area contributed by atoms with Crippen LogP contribution in [0.4, 0.5) is 17.5 Å². The highest BCUT2D eigenvalue weighted by atomic mass is 35.5. The number of piperidine rings is 1. The second-order valence-corrected chi connectivity index (χ2v) is 11.1. The molecular weight excluding hydrogens is 520 g/mol. The molecule has 0 bridgehead atoms. The van der Waals surface area contributed by atoms with E-state index in [1.165, 1.54) is 17.3 Å². The number of aryl methyl sites for hydroxylation is 1. The van der Waals surface area contributed by atoms with Crippen LogP contribution in [0.3, 0.4) is 0 Å². The summed E-state index contributed by atoms with van der Waals surface area (Å²) in [5, 5.41) is 3.47. The van der Waals surface area contributed by atoms with Crippen molar-refractivity contribution < 1.29 is 4.79 Å². The van der Waals surface area contributed by atoms with E-state index < -0.39 is 0 Å². The minimum absolute atomic E-state index is 0.0215. The van der Waals surface area contributed by atoms with E-state index in [1.54, 1.807) is 19.3 Å². The molecule has 11 heteroatoms. The fraction of sp³-hybridized carbons (Fsp3) is 0.333. The summed E-state index contributed by atoms with van der Waals surface area (Å²) in [5.74, 6) is 6.61. The fourth-order valence-electron chi connectivity index (χ4n) is 5.29. The van der Waals surface area contributed by atoms with Crippen LogP contribution in [0.5, 0.6) is 0 Å². The third-order valence-corrected chi connectivity index (χ3v) is 8.98. The largest absolute Gasteiger partial charge is 0.382 e. The van der Waals surface area contributed by atoms with E-state index in [0.29, 0.717) is 15.9 Å². The summed E-state index contributed by atoms with van der Waals surface area (Å²) >= 11 is 7.62. The van der Waals surface area contributed by atoms with Gasteiger partial charge in [-0.25, -0.2) is 15.0 Å². The van der Waals surface area contributed by atoms with Crippen molar-refractivity contribution in [1.29, 1.82) is 0 Å². The number of pyridine rings is 1. The lowest BCUT2D eigenvalue weighted by molar-refractivity contribution is -0.115. The van der Waals surface area contributed by atoms with Gasteiger partial charge in [-0.1, -0.05) is 35.3 Å². The molecule has 1 aliphatic carbocycles. The summed E-state index contributed by atoms with van der Waals surface area (Å²) in [4.78, 5) is 27.9. The van der Waals surface area contributed by atoms with Crippen LogP contribution in [0, 0.1) is 24.2 Å². The maximum absolute atomic E-state index is 11.5. The van der Waals surface area contributed by atoms with Crippen molar-refractivity contribution >= 4 is 46.7 Å². The average Bonchev–Trinajstić information content (AvgIpc) is 3.18. The second kappa shape index (κ2) is 10.3. The average molecular weight is 549 g/mol. The number of hydrogen-bond donors (Lipinski definition) is 4. The predicted octanol–water partition coefficient (Wildman–Crippen LogP) is 3.09. The Labute approximate surface area is 230 Å². The van der Waals surface area contributed by atoms with Gasteiger partial charge in [0.2, 0.25) is 0 Å². The van der Waals surface area contributed by atoms with Gasteiger partial charge in [0.1, 0.15) is 10.8 Å². The van der Waals surface area contributed by atoms with Gasteiger partial charge in [0.05, 0.1) is 10.7 Å². The fourth-order valence-corrected chi connectivity index (χ4v) is 6.38. The first-order valence-corrected chi connectivity index (χ1v) is 13.5. The van der Waals surface area contributed by atoms with Crippen LogP contribution in [-0.4, -0.2) is 41.0 Å². The Balaban J connectivity index is 1.30. The van der Waals surface area contributed by atoms with E-state index in [4.69, 9.17) is 38.8 Å². The van der Waals surface area contributed by atoms with Crippen LogP contribution >= 0.6 is 23.4 Å². The van der Waals surface area contributed by atoms with Gasteiger partial charge in [-0.2, -0.15) is 0 Å². The van der Waals surface area contributed by atoms with Gasteiger partial charge < -0.3 is 27.4 Å². The summed E-state index contributed by atoms with van der Waals surface area (Å²) in [5.41, 5.74) is 23.0. The number of fused-ring (bicyclic) bond motifs is 1. The van der Waals surface area contributed by atoms with Crippen molar-refractivity contribution in [2.75, 3.05) is 36.5 Å². The van der Waals surface area contributed by atoms with E-state index in [2.05, 4.69) is 33.1 Å². The number of nitrogens with zero attached hydrogens (tertiary/aromatic N) is 4. The number of amides is 1. The zero-order chi connectivity index (χ0) is 27.0. The van der Waals surface area contributed by atoms with Gasteiger partial charge in [0.15, 0.2) is 11.6 Å². The molecule has 1 saturated heterocycles. The third-order valence-electron chi connectivity index (χ3n) is 7.42.